The maximum Gasteiger partial charge on any atom is 0.222 e. The van der Waals surface area contributed by atoms with Gasteiger partial charge in [0.1, 0.15) is 0 Å². The number of hydrogen-bond donors (Lipinski definition) is 1. The van der Waals surface area contributed by atoms with Crippen molar-refractivity contribution in [3.63, 3.8) is 0 Å². The minimum absolute atomic E-state index is 0.129. The van der Waals surface area contributed by atoms with Crippen molar-refractivity contribution in [3.8, 4) is 0 Å². The van der Waals surface area contributed by atoms with Crippen LogP contribution in [0.2, 0.25) is 0 Å². The number of likely N-dealkylation sites (tertiary alicyclic amines) is 1. The van der Waals surface area contributed by atoms with Crippen LogP contribution in [0.1, 0.15) is 129 Å². The fourth-order valence-electron chi connectivity index (χ4n) is 5.33. The molecule has 1 fully saturated rings. The lowest BCUT2D eigenvalue weighted by Crippen LogP contribution is -2.46. The molecule has 0 aromatic heterocycles. The van der Waals surface area contributed by atoms with Gasteiger partial charge in [-0.25, -0.2) is 0 Å². The average Bonchev–Trinajstić information content (AvgIpc) is 3.14. The third-order valence-electron chi connectivity index (χ3n) is 8.27. The molecule has 1 aliphatic heterocycles. The molecular weight excluding hydrogens is 625 g/mol. The average molecular weight is 695 g/mol. The standard InChI is InChI=1S/C47H70N2O2/c1-3-5-7-9-11-13-15-17-19-21-22-24-26-28-30-32-34-36-38-40-47(51)49-43-41-45(42-44-49)48-46(50)39-37-35-33-31-29-27-25-23-20-18-16-14-12-10-8-6-4-2/h5-8,11-14,17-20,22,24-25,27-28,30-31,33-34,36,45H,3-4,9-10,15-16,21,23,26,29,32,35,37-44H2,1-2H3,(H,48,50)/b7-5-,8-6-,13-11-,14-12-,19-17-,20-18-,24-22-,27-25-,30-28-,33-31-,36-34-. The number of carbonyl (C=O) groups excluding carboxylic acids is 2. The van der Waals surface area contributed by atoms with E-state index in [1.54, 1.807) is 0 Å². The first-order valence-corrected chi connectivity index (χ1v) is 19.9. The lowest BCUT2D eigenvalue weighted by molar-refractivity contribution is -0.132. The molecule has 0 aliphatic carbocycles. The molecule has 51 heavy (non-hydrogen) atoms. The summed E-state index contributed by atoms with van der Waals surface area (Å²) in [6.07, 6.45) is 64.7. The molecule has 0 saturated carbocycles. The zero-order valence-electron chi connectivity index (χ0n) is 32.2. The van der Waals surface area contributed by atoms with Gasteiger partial charge in [-0.3, -0.25) is 9.59 Å². The van der Waals surface area contributed by atoms with Crippen LogP contribution >= 0.6 is 0 Å². The molecule has 1 saturated heterocycles. The first kappa shape index (κ1) is 45.1. The number of hydrogen-bond acceptors (Lipinski definition) is 2. The van der Waals surface area contributed by atoms with Gasteiger partial charge in [0.05, 0.1) is 0 Å². The van der Waals surface area contributed by atoms with Gasteiger partial charge in [-0.2, -0.15) is 0 Å². The van der Waals surface area contributed by atoms with E-state index >= 15 is 0 Å². The van der Waals surface area contributed by atoms with E-state index in [1.165, 1.54) is 0 Å². The maximum atomic E-state index is 12.6. The van der Waals surface area contributed by atoms with E-state index in [1.807, 2.05) is 4.90 Å². The summed E-state index contributed by atoms with van der Waals surface area (Å²) in [5.74, 6) is 0.348. The largest absolute Gasteiger partial charge is 0.353 e. The predicted octanol–water partition coefficient (Wildman–Crippen LogP) is 12.5. The summed E-state index contributed by atoms with van der Waals surface area (Å²) in [6.45, 7) is 5.77. The molecule has 0 atom stereocenters. The van der Waals surface area contributed by atoms with E-state index in [2.05, 4.69) is 153 Å². The summed E-state index contributed by atoms with van der Waals surface area (Å²) in [5, 5.41) is 3.18. The van der Waals surface area contributed by atoms with Crippen molar-refractivity contribution in [3.05, 3.63) is 134 Å². The number of nitrogens with zero attached hydrogens (tertiary/aromatic N) is 1. The highest BCUT2D eigenvalue weighted by Gasteiger charge is 2.23. The van der Waals surface area contributed by atoms with Gasteiger partial charge >= 0.3 is 0 Å². The Balaban J connectivity index is 2.02. The normalized spacial score (nSPS) is 15.4. The van der Waals surface area contributed by atoms with Crippen LogP contribution in [0.3, 0.4) is 0 Å². The van der Waals surface area contributed by atoms with Gasteiger partial charge in [-0.1, -0.05) is 148 Å². The van der Waals surface area contributed by atoms with Crippen molar-refractivity contribution in [2.75, 3.05) is 13.1 Å². The van der Waals surface area contributed by atoms with Crippen LogP contribution in [0.25, 0.3) is 0 Å². The highest BCUT2D eigenvalue weighted by molar-refractivity contribution is 5.77. The first-order valence-electron chi connectivity index (χ1n) is 19.9. The Hall–Kier alpha value is -3.92. The highest BCUT2D eigenvalue weighted by atomic mass is 16.2. The van der Waals surface area contributed by atoms with Crippen LogP contribution < -0.4 is 5.32 Å². The molecule has 1 heterocycles. The number of allylic oxidation sites excluding steroid dienone is 22. The SMILES string of the molecule is CC/C=C\C/C=C\C/C=C\C/C=C\C/C=C\C/C=C\CCC(=O)N1CCC(NC(=O)CCC/C=C\C/C=C\C/C=C\C/C=C\C/C=C\CC)CC1. The molecule has 280 valence electrons. The molecule has 0 bridgehead atoms. The van der Waals surface area contributed by atoms with Crippen molar-refractivity contribution < 1.29 is 9.59 Å². The van der Waals surface area contributed by atoms with E-state index in [0.717, 1.165) is 116 Å². The third-order valence-corrected chi connectivity index (χ3v) is 8.27. The van der Waals surface area contributed by atoms with E-state index < -0.39 is 0 Å². The summed E-state index contributed by atoms with van der Waals surface area (Å²) in [7, 11) is 0. The summed E-state index contributed by atoms with van der Waals surface area (Å²) in [6, 6.07) is 0.179. The van der Waals surface area contributed by atoms with Gasteiger partial charge < -0.3 is 10.2 Å². The first-order chi connectivity index (χ1) is 25.2. The molecule has 4 heteroatoms. The van der Waals surface area contributed by atoms with Crippen molar-refractivity contribution in [1.82, 2.24) is 10.2 Å². The van der Waals surface area contributed by atoms with Crippen LogP contribution in [0.4, 0.5) is 0 Å². The second-order valence-corrected chi connectivity index (χ2v) is 12.8. The second kappa shape index (κ2) is 35.9. The molecule has 0 spiro atoms. The van der Waals surface area contributed by atoms with E-state index in [0.29, 0.717) is 12.8 Å². The number of nitrogens with one attached hydrogen (secondary N) is 1. The van der Waals surface area contributed by atoms with Gasteiger partial charge in [0, 0.05) is 32.0 Å². The summed E-state index contributed by atoms with van der Waals surface area (Å²) < 4.78 is 0. The molecular formula is C47H70N2O2. The van der Waals surface area contributed by atoms with Crippen molar-refractivity contribution >= 4 is 11.8 Å². The van der Waals surface area contributed by atoms with Gasteiger partial charge in [0.25, 0.3) is 0 Å². The Morgan fingerprint density at radius 2 is 0.804 bits per heavy atom. The van der Waals surface area contributed by atoms with Crippen LogP contribution in [0.15, 0.2) is 134 Å². The number of rotatable bonds is 28. The van der Waals surface area contributed by atoms with Crippen LogP contribution in [0.5, 0.6) is 0 Å². The fourth-order valence-corrected chi connectivity index (χ4v) is 5.33. The minimum Gasteiger partial charge on any atom is -0.353 e. The lowest BCUT2D eigenvalue weighted by Gasteiger charge is -2.32. The third kappa shape index (κ3) is 30.6. The Labute approximate surface area is 313 Å². The quantitative estimate of drug-likeness (QED) is 0.0655. The number of carbonyl (C=O) groups is 2. The predicted molar refractivity (Wildman–Crippen MR) is 224 cm³/mol. The lowest BCUT2D eigenvalue weighted by atomic mass is 10.0. The van der Waals surface area contributed by atoms with E-state index in [9.17, 15) is 9.59 Å². The molecule has 1 rings (SSSR count). The van der Waals surface area contributed by atoms with Crippen LogP contribution in [-0.4, -0.2) is 35.8 Å². The van der Waals surface area contributed by atoms with Gasteiger partial charge in [-0.15, -0.1) is 0 Å². The monoisotopic (exact) mass is 695 g/mol. The Kier molecular flexibility index (Phi) is 31.7. The molecule has 4 nitrogen and oxygen atoms in total. The molecule has 0 radical (unpaired) electrons. The molecule has 0 aromatic rings. The number of amides is 2. The molecule has 0 aromatic carbocycles. The summed E-state index contributed by atoms with van der Waals surface area (Å²) >= 11 is 0. The molecule has 0 unspecified atom stereocenters. The van der Waals surface area contributed by atoms with Gasteiger partial charge in [-0.05, 0) is 103 Å². The zero-order valence-corrected chi connectivity index (χ0v) is 32.2. The maximum absolute atomic E-state index is 12.6. The van der Waals surface area contributed by atoms with Crippen molar-refractivity contribution in [2.45, 2.75) is 135 Å². The Bertz CT molecular complexity index is 1200. The Morgan fingerprint density at radius 1 is 0.471 bits per heavy atom. The van der Waals surface area contributed by atoms with Gasteiger partial charge in [0.15, 0.2) is 0 Å². The second-order valence-electron chi connectivity index (χ2n) is 12.8. The van der Waals surface area contributed by atoms with Crippen LogP contribution in [-0.2, 0) is 9.59 Å². The smallest absolute Gasteiger partial charge is 0.222 e. The van der Waals surface area contributed by atoms with Crippen LogP contribution in [0, 0.1) is 0 Å². The van der Waals surface area contributed by atoms with E-state index in [-0.39, 0.29) is 17.9 Å². The highest BCUT2D eigenvalue weighted by Crippen LogP contribution is 2.13. The van der Waals surface area contributed by atoms with Crippen molar-refractivity contribution in [1.29, 1.82) is 0 Å². The number of unbranched alkanes of at least 4 members (excludes halogenated alkanes) is 1. The summed E-state index contributed by atoms with van der Waals surface area (Å²) in [5.41, 5.74) is 0. The zero-order chi connectivity index (χ0) is 36.7. The minimum atomic E-state index is 0.129. The van der Waals surface area contributed by atoms with E-state index in [4.69, 9.17) is 0 Å². The topological polar surface area (TPSA) is 49.4 Å². The molecule has 1 aliphatic rings. The Morgan fingerprint density at radius 3 is 1.18 bits per heavy atom. The number of piperidine rings is 1. The molecule has 1 N–H and O–H groups in total. The molecule has 2 amide bonds. The fraction of sp³-hybridized carbons (Fsp3) is 0.489. The summed E-state index contributed by atoms with van der Waals surface area (Å²) in [4.78, 5) is 27.0. The van der Waals surface area contributed by atoms with Crippen molar-refractivity contribution in [2.24, 2.45) is 0 Å². The van der Waals surface area contributed by atoms with Gasteiger partial charge in [0.2, 0.25) is 11.8 Å².